The molecule has 0 fully saturated rings. The lowest BCUT2D eigenvalue weighted by Crippen LogP contribution is -2.09. The van der Waals surface area contributed by atoms with E-state index in [4.69, 9.17) is 0 Å². The second-order valence-corrected chi connectivity index (χ2v) is 5.31. The highest BCUT2D eigenvalue weighted by Crippen LogP contribution is 2.27. The molecule has 0 aliphatic carbocycles. The first-order chi connectivity index (χ1) is 8.13. The molecule has 0 radical (unpaired) electrons. The Labute approximate surface area is 105 Å². The van der Waals surface area contributed by atoms with Crippen LogP contribution in [0, 0.1) is 0 Å². The maximum Gasteiger partial charge on any atom is 0.169 e. The topological polar surface area (TPSA) is 34.9 Å². The fourth-order valence-electron chi connectivity index (χ4n) is 1.69. The molecule has 1 heterocycles. The largest absolute Gasteiger partial charge is 0.319 e. The molecule has 17 heavy (non-hydrogen) atoms. The first-order valence-electron chi connectivity index (χ1n) is 5.76. The zero-order valence-corrected chi connectivity index (χ0v) is 11.1. The number of Topliss-reactive ketones (excluding diaryl/α,β-unsaturated/α-hetero) is 1. The van der Waals surface area contributed by atoms with Gasteiger partial charge in [-0.3, -0.25) is 4.79 Å². The van der Waals surface area contributed by atoms with Crippen LogP contribution in [-0.4, -0.2) is 20.6 Å². The van der Waals surface area contributed by atoms with Crippen LogP contribution in [0.2, 0.25) is 0 Å². The van der Waals surface area contributed by atoms with Crippen LogP contribution in [0.3, 0.4) is 0 Å². The molecule has 2 aromatic rings. The third-order valence-electron chi connectivity index (χ3n) is 2.79. The molecule has 0 N–H and O–H groups in total. The van der Waals surface area contributed by atoms with E-state index in [1.165, 1.54) is 11.8 Å². The minimum atomic E-state index is -0.0443. The number of thioether (sulfide) groups is 1. The van der Waals surface area contributed by atoms with E-state index in [1.54, 1.807) is 6.92 Å². The van der Waals surface area contributed by atoms with E-state index < -0.39 is 0 Å². The number of ketones is 1. The number of fused-ring (bicyclic) bond motifs is 1. The zero-order valence-electron chi connectivity index (χ0n) is 10.3. The molecule has 0 aliphatic rings. The SMILES string of the molecule is CCn1c(SC(C)C(C)=O)nc2ccccc21. The molecule has 1 aromatic carbocycles. The van der Waals surface area contributed by atoms with Crippen molar-refractivity contribution in [3.63, 3.8) is 0 Å². The van der Waals surface area contributed by atoms with Crippen molar-refractivity contribution >= 4 is 28.6 Å². The van der Waals surface area contributed by atoms with Crippen LogP contribution in [0.25, 0.3) is 11.0 Å². The first-order valence-corrected chi connectivity index (χ1v) is 6.63. The van der Waals surface area contributed by atoms with Crippen LogP contribution in [0.5, 0.6) is 0 Å². The normalized spacial score (nSPS) is 12.9. The summed E-state index contributed by atoms with van der Waals surface area (Å²) < 4.78 is 2.15. The van der Waals surface area contributed by atoms with Crippen LogP contribution in [0.1, 0.15) is 20.8 Å². The summed E-state index contributed by atoms with van der Waals surface area (Å²) in [6.45, 7) is 6.51. The molecule has 0 spiro atoms. The molecule has 90 valence electrons. The van der Waals surface area contributed by atoms with Crippen molar-refractivity contribution in [2.75, 3.05) is 0 Å². The number of nitrogens with zero attached hydrogens (tertiary/aromatic N) is 2. The molecule has 0 saturated carbocycles. The van der Waals surface area contributed by atoms with E-state index in [0.29, 0.717) is 0 Å². The lowest BCUT2D eigenvalue weighted by Gasteiger charge is -2.08. The van der Waals surface area contributed by atoms with E-state index in [9.17, 15) is 4.79 Å². The van der Waals surface area contributed by atoms with Gasteiger partial charge < -0.3 is 4.57 Å². The van der Waals surface area contributed by atoms with Crippen molar-refractivity contribution in [2.24, 2.45) is 0 Å². The Bertz CT molecular complexity index is 547. The average Bonchev–Trinajstić information content (AvgIpc) is 2.65. The predicted molar refractivity (Wildman–Crippen MR) is 71.4 cm³/mol. The van der Waals surface area contributed by atoms with Gasteiger partial charge in [0.05, 0.1) is 16.3 Å². The third kappa shape index (κ3) is 2.36. The maximum absolute atomic E-state index is 11.3. The number of hydrogen-bond acceptors (Lipinski definition) is 3. The fourth-order valence-corrected chi connectivity index (χ4v) is 2.68. The summed E-state index contributed by atoms with van der Waals surface area (Å²) >= 11 is 1.53. The van der Waals surface area contributed by atoms with E-state index in [2.05, 4.69) is 22.5 Å². The molecule has 0 aliphatic heterocycles. The smallest absolute Gasteiger partial charge is 0.169 e. The number of aromatic nitrogens is 2. The number of para-hydroxylation sites is 2. The Hall–Kier alpha value is -1.29. The number of rotatable bonds is 4. The highest BCUT2D eigenvalue weighted by molar-refractivity contribution is 8.00. The number of imidazole rings is 1. The summed E-state index contributed by atoms with van der Waals surface area (Å²) in [5.41, 5.74) is 2.13. The molecular weight excluding hydrogens is 232 g/mol. The number of hydrogen-bond donors (Lipinski definition) is 0. The Balaban J connectivity index is 2.43. The Morgan fingerprint density at radius 3 is 2.82 bits per heavy atom. The van der Waals surface area contributed by atoms with E-state index in [0.717, 1.165) is 22.7 Å². The second-order valence-electron chi connectivity index (χ2n) is 4.00. The standard InChI is InChI=1S/C13H16N2OS/c1-4-15-12-8-6-5-7-11(12)14-13(15)17-10(3)9(2)16/h5-8,10H,4H2,1-3H3. The molecule has 1 aromatic heterocycles. The van der Waals surface area contributed by atoms with Crippen molar-refractivity contribution in [2.45, 2.75) is 37.7 Å². The number of carbonyl (C=O) groups is 1. The van der Waals surface area contributed by atoms with Gasteiger partial charge >= 0.3 is 0 Å². The predicted octanol–water partition coefficient (Wildman–Crippen LogP) is 3.13. The van der Waals surface area contributed by atoms with Gasteiger partial charge in [-0.1, -0.05) is 23.9 Å². The van der Waals surface area contributed by atoms with Crippen molar-refractivity contribution in [3.05, 3.63) is 24.3 Å². The summed E-state index contributed by atoms with van der Waals surface area (Å²) in [6, 6.07) is 8.06. The van der Waals surface area contributed by atoms with Crippen molar-refractivity contribution in [3.8, 4) is 0 Å². The van der Waals surface area contributed by atoms with E-state index in [1.807, 2.05) is 25.1 Å². The van der Waals surface area contributed by atoms with Gasteiger partial charge in [-0.25, -0.2) is 4.98 Å². The van der Waals surface area contributed by atoms with Gasteiger partial charge in [-0.05, 0) is 32.9 Å². The van der Waals surface area contributed by atoms with Gasteiger partial charge in [0.2, 0.25) is 0 Å². The highest BCUT2D eigenvalue weighted by Gasteiger charge is 2.15. The Morgan fingerprint density at radius 1 is 1.47 bits per heavy atom. The zero-order chi connectivity index (χ0) is 12.4. The molecule has 2 rings (SSSR count). The van der Waals surface area contributed by atoms with Crippen LogP contribution in [-0.2, 0) is 11.3 Å². The molecule has 0 amide bonds. The molecule has 0 saturated heterocycles. The first kappa shape index (κ1) is 12.2. The number of carbonyl (C=O) groups excluding carboxylic acids is 1. The van der Waals surface area contributed by atoms with Crippen molar-refractivity contribution in [1.82, 2.24) is 9.55 Å². The minimum Gasteiger partial charge on any atom is -0.319 e. The van der Waals surface area contributed by atoms with Gasteiger partial charge in [0, 0.05) is 6.54 Å². The summed E-state index contributed by atoms with van der Waals surface area (Å²) in [6.07, 6.45) is 0. The fraction of sp³-hybridized carbons (Fsp3) is 0.385. The third-order valence-corrected chi connectivity index (χ3v) is 4.00. The van der Waals surface area contributed by atoms with Crippen LogP contribution >= 0.6 is 11.8 Å². The van der Waals surface area contributed by atoms with Crippen LogP contribution < -0.4 is 0 Å². The van der Waals surface area contributed by atoms with Gasteiger partial charge in [-0.2, -0.15) is 0 Å². The minimum absolute atomic E-state index is 0.0443. The second kappa shape index (κ2) is 4.92. The van der Waals surface area contributed by atoms with Crippen molar-refractivity contribution < 1.29 is 4.79 Å². The molecule has 0 bridgehead atoms. The number of aryl methyl sites for hydroxylation is 1. The van der Waals surface area contributed by atoms with Gasteiger partial charge in [0.1, 0.15) is 5.78 Å². The summed E-state index contributed by atoms with van der Waals surface area (Å²) in [7, 11) is 0. The van der Waals surface area contributed by atoms with Crippen LogP contribution in [0.15, 0.2) is 29.4 Å². The summed E-state index contributed by atoms with van der Waals surface area (Å²) in [5.74, 6) is 0.185. The molecule has 4 heteroatoms. The van der Waals surface area contributed by atoms with Gasteiger partial charge in [-0.15, -0.1) is 0 Å². The summed E-state index contributed by atoms with van der Waals surface area (Å²) in [4.78, 5) is 15.9. The summed E-state index contributed by atoms with van der Waals surface area (Å²) in [5, 5.41) is 0.883. The molecular formula is C13H16N2OS. The van der Waals surface area contributed by atoms with Crippen LogP contribution in [0.4, 0.5) is 0 Å². The highest BCUT2D eigenvalue weighted by atomic mass is 32.2. The molecule has 1 atom stereocenters. The van der Waals surface area contributed by atoms with Gasteiger partial charge in [0.15, 0.2) is 5.16 Å². The Kier molecular flexibility index (Phi) is 3.52. The lowest BCUT2D eigenvalue weighted by atomic mass is 10.3. The van der Waals surface area contributed by atoms with Gasteiger partial charge in [0.25, 0.3) is 0 Å². The lowest BCUT2D eigenvalue weighted by molar-refractivity contribution is -0.116. The quantitative estimate of drug-likeness (QED) is 0.780. The number of benzene rings is 1. The van der Waals surface area contributed by atoms with Crippen molar-refractivity contribution in [1.29, 1.82) is 0 Å². The Morgan fingerprint density at radius 2 is 2.18 bits per heavy atom. The van der Waals surface area contributed by atoms with E-state index in [-0.39, 0.29) is 11.0 Å². The molecule has 3 nitrogen and oxygen atoms in total. The maximum atomic E-state index is 11.3. The average molecular weight is 248 g/mol. The monoisotopic (exact) mass is 248 g/mol. The van der Waals surface area contributed by atoms with E-state index >= 15 is 0 Å². The molecule has 1 unspecified atom stereocenters.